The van der Waals surface area contributed by atoms with Crippen LogP contribution in [0, 0.1) is 5.92 Å². The summed E-state index contributed by atoms with van der Waals surface area (Å²) in [6.45, 7) is 1.87. The third-order valence-electron chi connectivity index (χ3n) is 3.84. The van der Waals surface area contributed by atoms with Crippen LogP contribution < -0.4 is 5.73 Å². The van der Waals surface area contributed by atoms with Gasteiger partial charge in [0, 0.05) is 26.7 Å². The van der Waals surface area contributed by atoms with Gasteiger partial charge in [0.15, 0.2) is 0 Å². The Hall–Kier alpha value is -1.39. The molecule has 1 amide bonds. The first-order chi connectivity index (χ1) is 9.70. The number of hydrogen-bond donors (Lipinski definition) is 1. The Labute approximate surface area is 120 Å². The van der Waals surface area contributed by atoms with Gasteiger partial charge in [0.2, 0.25) is 5.91 Å². The number of carbonyl (C=O) groups excluding carboxylic acids is 1. The Balaban J connectivity index is 1.90. The van der Waals surface area contributed by atoms with Gasteiger partial charge in [0.25, 0.3) is 0 Å². The fraction of sp³-hybridized carbons (Fsp3) is 0.562. The van der Waals surface area contributed by atoms with Gasteiger partial charge < -0.3 is 15.4 Å². The van der Waals surface area contributed by atoms with Crippen LogP contribution in [0.3, 0.4) is 0 Å². The molecule has 0 bridgehead atoms. The highest BCUT2D eigenvalue weighted by molar-refractivity contribution is 5.79. The van der Waals surface area contributed by atoms with Crippen LogP contribution in [0.5, 0.6) is 0 Å². The second-order valence-electron chi connectivity index (χ2n) is 5.48. The van der Waals surface area contributed by atoms with Gasteiger partial charge in [-0.25, -0.2) is 0 Å². The lowest BCUT2D eigenvalue weighted by Gasteiger charge is -2.25. The lowest BCUT2D eigenvalue weighted by Crippen LogP contribution is -2.41. The molecule has 0 aliphatic carbocycles. The van der Waals surface area contributed by atoms with Crippen molar-refractivity contribution in [3.05, 3.63) is 35.9 Å². The van der Waals surface area contributed by atoms with Gasteiger partial charge >= 0.3 is 0 Å². The number of hydrogen-bond acceptors (Lipinski definition) is 3. The topological polar surface area (TPSA) is 55.6 Å². The first-order valence-electron chi connectivity index (χ1n) is 7.31. The van der Waals surface area contributed by atoms with Crippen molar-refractivity contribution in [3.63, 3.8) is 0 Å². The Morgan fingerprint density at radius 1 is 1.45 bits per heavy atom. The molecule has 2 atom stereocenters. The van der Waals surface area contributed by atoms with E-state index in [1.807, 2.05) is 37.4 Å². The molecular weight excluding hydrogens is 252 g/mol. The Bertz CT molecular complexity index is 416. The average Bonchev–Trinajstić information content (AvgIpc) is 2.98. The number of carbonyl (C=O) groups is 1. The Morgan fingerprint density at radius 2 is 2.20 bits per heavy atom. The summed E-state index contributed by atoms with van der Waals surface area (Å²) in [5.41, 5.74) is 6.94. The van der Waals surface area contributed by atoms with E-state index in [4.69, 9.17) is 10.5 Å². The first-order valence-corrected chi connectivity index (χ1v) is 7.31. The van der Waals surface area contributed by atoms with Gasteiger partial charge in [-0.05, 0) is 24.8 Å². The van der Waals surface area contributed by atoms with Gasteiger partial charge in [0.1, 0.15) is 0 Å². The minimum atomic E-state index is -0.149. The number of rotatable bonds is 6. The van der Waals surface area contributed by atoms with Gasteiger partial charge in [-0.2, -0.15) is 0 Å². The second-order valence-corrected chi connectivity index (χ2v) is 5.48. The number of benzene rings is 1. The van der Waals surface area contributed by atoms with E-state index in [0.29, 0.717) is 19.5 Å². The summed E-state index contributed by atoms with van der Waals surface area (Å²) in [6, 6.07) is 10.0. The van der Waals surface area contributed by atoms with Crippen molar-refractivity contribution in [1.82, 2.24) is 4.90 Å². The normalized spacial score (nSPS) is 19.8. The average molecular weight is 276 g/mol. The molecule has 4 heteroatoms. The third kappa shape index (κ3) is 4.05. The Morgan fingerprint density at radius 3 is 2.80 bits per heavy atom. The highest BCUT2D eigenvalue weighted by Gasteiger charge is 2.25. The second kappa shape index (κ2) is 7.41. The van der Waals surface area contributed by atoms with Crippen molar-refractivity contribution in [1.29, 1.82) is 0 Å². The molecule has 0 aromatic heterocycles. The summed E-state index contributed by atoms with van der Waals surface area (Å²) >= 11 is 0. The molecule has 0 radical (unpaired) electrons. The minimum absolute atomic E-state index is 0.117. The van der Waals surface area contributed by atoms with Crippen LogP contribution in [0.2, 0.25) is 0 Å². The van der Waals surface area contributed by atoms with E-state index in [1.165, 1.54) is 0 Å². The van der Waals surface area contributed by atoms with E-state index >= 15 is 0 Å². The predicted octanol–water partition coefficient (Wildman–Crippen LogP) is 1.44. The predicted molar refractivity (Wildman–Crippen MR) is 79.3 cm³/mol. The minimum Gasteiger partial charge on any atom is -0.376 e. The van der Waals surface area contributed by atoms with Crippen molar-refractivity contribution >= 4 is 5.91 Å². The molecule has 20 heavy (non-hydrogen) atoms. The maximum Gasteiger partial charge on any atom is 0.227 e. The molecule has 1 aliphatic rings. The summed E-state index contributed by atoms with van der Waals surface area (Å²) in [5.74, 6) is -0.0318. The number of ether oxygens (including phenoxy) is 1. The van der Waals surface area contributed by atoms with E-state index in [2.05, 4.69) is 0 Å². The zero-order valence-electron chi connectivity index (χ0n) is 12.1. The van der Waals surface area contributed by atoms with Crippen molar-refractivity contribution < 1.29 is 9.53 Å². The number of amides is 1. The molecule has 4 nitrogen and oxygen atoms in total. The summed E-state index contributed by atoms with van der Waals surface area (Å²) in [5, 5.41) is 0. The van der Waals surface area contributed by atoms with Crippen LogP contribution >= 0.6 is 0 Å². The molecule has 110 valence electrons. The van der Waals surface area contributed by atoms with Crippen LogP contribution in [0.15, 0.2) is 30.3 Å². The lowest BCUT2D eigenvalue weighted by molar-refractivity contribution is -0.135. The lowest BCUT2D eigenvalue weighted by atomic mass is 9.98. The number of likely N-dealkylation sites (N-methyl/N-ethyl adjacent to an activating group) is 1. The van der Waals surface area contributed by atoms with Crippen LogP contribution in [-0.2, 0) is 16.0 Å². The molecule has 2 rings (SSSR count). The van der Waals surface area contributed by atoms with Crippen molar-refractivity contribution in [2.75, 3.05) is 26.7 Å². The van der Waals surface area contributed by atoms with Gasteiger partial charge in [-0.3, -0.25) is 4.79 Å². The summed E-state index contributed by atoms with van der Waals surface area (Å²) < 4.78 is 5.58. The molecule has 2 N–H and O–H groups in total. The zero-order chi connectivity index (χ0) is 14.4. The molecule has 1 heterocycles. The van der Waals surface area contributed by atoms with E-state index in [1.54, 1.807) is 4.90 Å². The molecule has 1 aromatic carbocycles. The van der Waals surface area contributed by atoms with Crippen LogP contribution in [0.4, 0.5) is 0 Å². The number of nitrogens with zero attached hydrogens (tertiary/aromatic N) is 1. The standard InChI is InChI=1S/C16H24N2O2/c1-18(12-15-8-5-9-20-15)16(19)14(11-17)10-13-6-3-2-4-7-13/h2-4,6-7,14-15H,5,8-12,17H2,1H3. The van der Waals surface area contributed by atoms with Gasteiger partial charge in [-0.15, -0.1) is 0 Å². The van der Waals surface area contributed by atoms with E-state index in [0.717, 1.165) is 25.0 Å². The fourth-order valence-corrected chi connectivity index (χ4v) is 2.67. The van der Waals surface area contributed by atoms with Gasteiger partial charge in [-0.1, -0.05) is 30.3 Å². The number of nitrogens with two attached hydrogens (primary N) is 1. The smallest absolute Gasteiger partial charge is 0.227 e. The van der Waals surface area contributed by atoms with Crippen molar-refractivity contribution in [2.24, 2.45) is 11.7 Å². The van der Waals surface area contributed by atoms with Crippen LogP contribution in [0.25, 0.3) is 0 Å². The van der Waals surface area contributed by atoms with Crippen LogP contribution in [0.1, 0.15) is 18.4 Å². The van der Waals surface area contributed by atoms with E-state index < -0.39 is 0 Å². The SMILES string of the molecule is CN(CC1CCCO1)C(=O)C(CN)Cc1ccccc1. The highest BCUT2D eigenvalue weighted by atomic mass is 16.5. The van der Waals surface area contributed by atoms with E-state index in [9.17, 15) is 4.79 Å². The molecular formula is C16H24N2O2. The van der Waals surface area contributed by atoms with Crippen LogP contribution in [-0.4, -0.2) is 43.7 Å². The Kier molecular flexibility index (Phi) is 5.56. The monoisotopic (exact) mass is 276 g/mol. The summed E-state index contributed by atoms with van der Waals surface area (Å²) in [6.07, 6.45) is 3.03. The molecule has 0 spiro atoms. The highest BCUT2D eigenvalue weighted by Crippen LogP contribution is 2.15. The zero-order valence-corrected chi connectivity index (χ0v) is 12.1. The third-order valence-corrected chi connectivity index (χ3v) is 3.84. The molecule has 2 unspecified atom stereocenters. The first kappa shape index (κ1) is 15.0. The van der Waals surface area contributed by atoms with Gasteiger partial charge in [0.05, 0.1) is 12.0 Å². The molecule has 1 fully saturated rings. The molecule has 1 saturated heterocycles. The fourth-order valence-electron chi connectivity index (χ4n) is 2.67. The maximum absolute atomic E-state index is 12.5. The maximum atomic E-state index is 12.5. The van der Waals surface area contributed by atoms with Crippen molar-refractivity contribution in [3.8, 4) is 0 Å². The van der Waals surface area contributed by atoms with Crippen molar-refractivity contribution in [2.45, 2.75) is 25.4 Å². The quantitative estimate of drug-likeness (QED) is 0.855. The summed E-state index contributed by atoms with van der Waals surface area (Å²) in [4.78, 5) is 14.2. The summed E-state index contributed by atoms with van der Waals surface area (Å²) in [7, 11) is 1.84. The van der Waals surface area contributed by atoms with E-state index in [-0.39, 0.29) is 17.9 Å². The molecule has 1 aliphatic heterocycles. The largest absolute Gasteiger partial charge is 0.376 e. The molecule has 0 saturated carbocycles. The molecule has 1 aromatic rings.